The van der Waals surface area contributed by atoms with Gasteiger partial charge in [-0.15, -0.1) is 11.3 Å². The van der Waals surface area contributed by atoms with Crippen LogP contribution in [0.25, 0.3) is 6.08 Å². The van der Waals surface area contributed by atoms with Crippen molar-refractivity contribution in [1.29, 1.82) is 0 Å². The van der Waals surface area contributed by atoms with E-state index in [9.17, 15) is 14.4 Å². The van der Waals surface area contributed by atoms with Gasteiger partial charge in [-0.25, -0.2) is 9.69 Å². The Bertz CT molecular complexity index is 811. The number of imide groups is 2. The number of ether oxygens (including phenoxy) is 1. The third-order valence-electron chi connectivity index (χ3n) is 3.24. The Labute approximate surface area is 136 Å². The van der Waals surface area contributed by atoms with Crippen LogP contribution in [0.4, 0.5) is 10.5 Å². The van der Waals surface area contributed by atoms with Gasteiger partial charge in [0.05, 0.1) is 12.8 Å². The van der Waals surface area contributed by atoms with Crippen molar-refractivity contribution in [3.63, 3.8) is 0 Å². The number of anilines is 1. The zero-order chi connectivity index (χ0) is 16.4. The van der Waals surface area contributed by atoms with Crippen LogP contribution in [0.5, 0.6) is 5.75 Å². The first-order valence-electron chi connectivity index (χ1n) is 6.69. The van der Waals surface area contributed by atoms with Gasteiger partial charge in [0.15, 0.2) is 0 Å². The summed E-state index contributed by atoms with van der Waals surface area (Å²) in [6, 6.07) is 9.32. The van der Waals surface area contributed by atoms with Crippen LogP contribution in [0.3, 0.4) is 0 Å². The molecule has 6 nitrogen and oxygen atoms in total. The Hall–Kier alpha value is -2.93. The molecule has 1 saturated heterocycles. The zero-order valence-corrected chi connectivity index (χ0v) is 12.9. The highest BCUT2D eigenvalue weighted by molar-refractivity contribution is 7.10. The molecule has 0 spiro atoms. The van der Waals surface area contributed by atoms with E-state index in [1.807, 2.05) is 11.4 Å². The highest BCUT2D eigenvalue weighted by Gasteiger charge is 2.36. The number of amides is 4. The second kappa shape index (κ2) is 6.05. The molecule has 116 valence electrons. The molecule has 2 heterocycles. The molecule has 2 aromatic rings. The van der Waals surface area contributed by atoms with Crippen molar-refractivity contribution >= 4 is 40.9 Å². The van der Waals surface area contributed by atoms with Crippen molar-refractivity contribution in [2.75, 3.05) is 12.0 Å². The van der Waals surface area contributed by atoms with Crippen LogP contribution < -0.4 is 15.0 Å². The molecule has 0 radical (unpaired) electrons. The summed E-state index contributed by atoms with van der Waals surface area (Å²) in [4.78, 5) is 38.3. The Kier molecular flexibility index (Phi) is 3.94. The van der Waals surface area contributed by atoms with Crippen LogP contribution in [0.1, 0.15) is 4.88 Å². The Morgan fingerprint density at radius 3 is 2.70 bits per heavy atom. The van der Waals surface area contributed by atoms with Gasteiger partial charge in [0.2, 0.25) is 0 Å². The van der Waals surface area contributed by atoms with Crippen molar-refractivity contribution in [3.05, 3.63) is 52.2 Å². The highest BCUT2D eigenvalue weighted by atomic mass is 32.1. The number of rotatable bonds is 3. The lowest BCUT2D eigenvalue weighted by molar-refractivity contribution is -0.122. The molecule has 1 N–H and O–H groups in total. The van der Waals surface area contributed by atoms with Crippen molar-refractivity contribution in [3.8, 4) is 5.75 Å². The Morgan fingerprint density at radius 1 is 1.17 bits per heavy atom. The number of urea groups is 1. The molecular weight excluding hydrogens is 316 g/mol. The minimum absolute atomic E-state index is 0.0881. The average molecular weight is 328 g/mol. The maximum atomic E-state index is 12.6. The lowest BCUT2D eigenvalue weighted by Gasteiger charge is -2.26. The third kappa shape index (κ3) is 2.86. The number of methoxy groups -OCH3 is 1. The predicted octanol–water partition coefficient (Wildman–Crippen LogP) is 2.42. The number of carbonyl (C=O) groups excluding carboxylic acids is 3. The molecular formula is C16H12N2O4S. The van der Waals surface area contributed by atoms with Gasteiger partial charge < -0.3 is 4.74 Å². The van der Waals surface area contributed by atoms with E-state index in [1.54, 1.807) is 30.3 Å². The summed E-state index contributed by atoms with van der Waals surface area (Å²) in [7, 11) is 1.49. The Balaban J connectivity index is 2.01. The Morgan fingerprint density at radius 2 is 2.00 bits per heavy atom. The van der Waals surface area contributed by atoms with Crippen molar-refractivity contribution in [2.24, 2.45) is 0 Å². The van der Waals surface area contributed by atoms with Gasteiger partial charge in [0.1, 0.15) is 11.3 Å². The number of nitrogens with one attached hydrogen (secondary N) is 1. The molecule has 1 aliphatic rings. The normalized spacial score (nSPS) is 16.7. The molecule has 4 amide bonds. The van der Waals surface area contributed by atoms with Gasteiger partial charge in [0.25, 0.3) is 11.8 Å². The maximum Gasteiger partial charge on any atom is 0.335 e. The van der Waals surface area contributed by atoms with E-state index < -0.39 is 17.8 Å². The van der Waals surface area contributed by atoms with E-state index in [-0.39, 0.29) is 5.57 Å². The third-order valence-corrected chi connectivity index (χ3v) is 4.06. The number of hydrogen-bond acceptors (Lipinski definition) is 5. The summed E-state index contributed by atoms with van der Waals surface area (Å²) < 4.78 is 5.10. The number of thiophene rings is 1. The van der Waals surface area contributed by atoms with E-state index >= 15 is 0 Å². The summed E-state index contributed by atoms with van der Waals surface area (Å²) in [5, 5.41) is 4.02. The van der Waals surface area contributed by atoms with Crippen molar-refractivity contribution < 1.29 is 19.1 Å². The number of nitrogens with zero attached hydrogens (tertiary/aromatic N) is 1. The minimum atomic E-state index is -0.781. The SMILES string of the molecule is COc1cccc(N2C(=O)NC(=O)C(=Cc3cccs3)C2=O)c1. The summed E-state index contributed by atoms with van der Waals surface area (Å²) in [5.74, 6) is -0.864. The minimum Gasteiger partial charge on any atom is -0.497 e. The molecule has 1 aliphatic heterocycles. The van der Waals surface area contributed by atoms with Crippen molar-refractivity contribution in [2.45, 2.75) is 0 Å². The van der Waals surface area contributed by atoms with Crippen LogP contribution in [0, 0.1) is 0 Å². The van der Waals surface area contributed by atoms with Crippen molar-refractivity contribution in [1.82, 2.24) is 5.32 Å². The molecule has 1 aromatic carbocycles. The molecule has 0 aliphatic carbocycles. The fourth-order valence-electron chi connectivity index (χ4n) is 2.16. The molecule has 0 atom stereocenters. The van der Waals surface area contributed by atoms with Crippen LogP contribution >= 0.6 is 11.3 Å². The first kappa shape index (κ1) is 15.0. The standard InChI is InChI=1S/C16H12N2O4S/c1-22-11-5-2-4-10(8-11)18-15(20)13(14(19)17-16(18)21)9-12-6-3-7-23-12/h2-9H,1H3,(H,17,19,21). The fraction of sp³-hybridized carbons (Fsp3) is 0.0625. The van der Waals surface area contributed by atoms with Gasteiger partial charge in [-0.05, 0) is 29.7 Å². The largest absolute Gasteiger partial charge is 0.497 e. The molecule has 3 rings (SSSR count). The van der Waals surface area contributed by atoms with Gasteiger partial charge in [-0.2, -0.15) is 0 Å². The number of benzene rings is 1. The first-order valence-corrected chi connectivity index (χ1v) is 7.57. The average Bonchev–Trinajstić information content (AvgIpc) is 3.04. The lowest BCUT2D eigenvalue weighted by atomic mass is 10.1. The summed E-state index contributed by atoms with van der Waals surface area (Å²) in [5.41, 5.74) is 0.242. The smallest absolute Gasteiger partial charge is 0.335 e. The van der Waals surface area contributed by atoms with Crippen LogP contribution in [0.2, 0.25) is 0 Å². The number of hydrogen-bond donors (Lipinski definition) is 1. The highest BCUT2D eigenvalue weighted by Crippen LogP contribution is 2.25. The summed E-state index contributed by atoms with van der Waals surface area (Å²) in [6.45, 7) is 0. The van der Waals surface area contributed by atoms with E-state index in [2.05, 4.69) is 5.32 Å². The maximum absolute atomic E-state index is 12.6. The topological polar surface area (TPSA) is 75.7 Å². The van der Waals surface area contributed by atoms with Crippen LogP contribution in [0.15, 0.2) is 47.4 Å². The quantitative estimate of drug-likeness (QED) is 0.693. The summed E-state index contributed by atoms with van der Waals surface area (Å²) in [6.07, 6.45) is 1.47. The van der Waals surface area contributed by atoms with Gasteiger partial charge in [-0.1, -0.05) is 12.1 Å². The van der Waals surface area contributed by atoms with E-state index in [0.717, 1.165) is 9.78 Å². The molecule has 0 saturated carbocycles. The summed E-state index contributed by atoms with van der Waals surface area (Å²) >= 11 is 1.39. The molecule has 0 unspecified atom stereocenters. The second-order valence-corrected chi connectivity index (χ2v) is 5.65. The zero-order valence-electron chi connectivity index (χ0n) is 12.1. The molecule has 1 fully saturated rings. The molecule has 23 heavy (non-hydrogen) atoms. The second-order valence-electron chi connectivity index (χ2n) is 4.67. The van der Waals surface area contributed by atoms with E-state index in [1.165, 1.54) is 24.5 Å². The van der Waals surface area contributed by atoms with Crippen LogP contribution in [-0.2, 0) is 9.59 Å². The molecule has 0 bridgehead atoms. The van der Waals surface area contributed by atoms with Crippen LogP contribution in [-0.4, -0.2) is 25.0 Å². The first-order chi connectivity index (χ1) is 11.1. The number of carbonyl (C=O) groups is 3. The van der Waals surface area contributed by atoms with E-state index in [4.69, 9.17) is 4.74 Å². The van der Waals surface area contributed by atoms with Gasteiger partial charge in [-0.3, -0.25) is 14.9 Å². The van der Waals surface area contributed by atoms with Gasteiger partial charge in [0, 0.05) is 10.9 Å². The van der Waals surface area contributed by atoms with E-state index in [0.29, 0.717) is 11.4 Å². The lowest BCUT2D eigenvalue weighted by Crippen LogP contribution is -2.54. The predicted molar refractivity (Wildman–Crippen MR) is 86.3 cm³/mol. The fourth-order valence-corrected chi connectivity index (χ4v) is 2.81. The monoisotopic (exact) mass is 328 g/mol. The van der Waals surface area contributed by atoms with Gasteiger partial charge >= 0.3 is 6.03 Å². The molecule has 7 heteroatoms. The number of barbiturate groups is 1. The molecule has 1 aromatic heterocycles.